The number of tetrazole rings is 1. The normalized spacial score (nSPS) is 12.1. The molecular weight excluding hydrogens is 586 g/mol. The maximum Gasteiger partial charge on any atom is 0.340 e. The Morgan fingerprint density at radius 2 is 1.76 bits per heavy atom. The molecule has 0 radical (unpaired) electrons. The van der Waals surface area contributed by atoms with Crippen LogP contribution in [0.3, 0.4) is 0 Å². The number of ether oxygens (including phenoxy) is 1. The molecule has 2 N–H and O–H groups in total. The number of anilines is 1. The van der Waals surface area contributed by atoms with Crippen molar-refractivity contribution in [3.8, 4) is 5.69 Å². The molecule has 0 saturated heterocycles. The van der Waals surface area contributed by atoms with Gasteiger partial charge in [0.25, 0.3) is 5.91 Å². The first-order valence-corrected chi connectivity index (χ1v) is 13.3. The van der Waals surface area contributed by atoms with E-state index in [0.717, 1.165) is 10.9 Å². The van der Waals surface area contributed by atoms with Crippen LogP contribution in [0.5, 0.6) is 0 Å². The summed E-state index contributed by atoms with van der Waals surface area (Å²) in [4.78, 5) is 39.9. The Kier molecular flexibility index (Phi) is 9.34. The zero-order chi connectivity index (χ0) is 30.4. The molecule has 0 bridgehead atoms. The number of benzene rings is 3. The van der Waals surface area contributed by atoms with Crippen molar-refractivity contribution >= 4 is 52.7 Å². The zero-order valence-corrected chi connectivity index (χ0v) is 24.2. The molecule has 4 rings (SSSR count). The second kappa shape index (κ2) is 12.9. The first-order valence-electron chi connectivity index (χ1n) is 12.5. The van der Waals surface area contributed by atoms with Crippen LogP contribution in [0, 0.1) is 5.82 Å². The average molecular weight is 611 g/mol. The Bertz CT molecular complexity index is 1640. The smallest absolute Gasteiger partial charge is 0.340 e. The van der Waals surface area contributed by atoms with Gasteiger partial charge in [-0.2, -0.15) is 0 Å². The largest absolute Gasteiger partial charge is 0.456 e. The molecule has 1 aromatic heterocycles. The quantitative estimate of drug-likeness (QED) is 0.197. The molecule has 0 saturated carbocycles. The molecule has 1 atom stereocenters. The predicted octanol–water partition coefficient (Wildman–Crippen LogP) is 5.57. The lowest BCUT2D eigenvalue weighted by Gasteiger charge is -2.20. The van der Waals surface area contributed by atoms with Crippen molar-refractivity contribution in [2.24, 2.45) is 0 Å². The Balaban J connectivity index is 1.55. The molecule has 0 aliphatic rings. The summed E-state index contributed by atoms with van der Waals surface area (Å²) in [5.74, 6) is -2.69. The van der Waals surface area contributed by atoms with E-state index in [1.54, 1.807) is 51.1 Å². The molecular formula is C29H25Cl2FN6O4. The summed E-state index contributed by atoms with van der Waals surface area (Å²) in [7, 11) is 0. The van der Waals surface area contributed by atoms with Gasteiger partial charge in [0.1, 0.15) is 11.6 Å². The number of hydrogen-bond donors (Lipinski definition) is 2. The van der Waals surface area contributed by atoms with E-state index in [1.807, 2.05) is 0 Å². The molecule has 4 aromatic rings. The number of halogens is 3. The van der Waals surface area contributed by atoms with Gasteiger partial charge >= 0.3 is 5.97 Å². The lowest BCUT2D eigenvalue weighted by Crippen LogP contribution is -2.36. The highest BCUT2D eigenvalue weighted by molar-refractivity contribution is 6.34. The van der Waals surface area contributed by atoms with Crippen molar-refractivity contribution in [2.75, 3.05) is 5.32 Å². The van der Waals surface area contributed by atoms with Crippen LogP contribution in [-0.2, 0) is 14.3 Å². The van der Waals surface area contributed by atoms with E-state index in [0.29, 0.717) is 5.56 Å². The number of hydrogen-bond acceptors (Lipinski definition) is 7. The SMILES string of the molecule is CC(C)(C)OC(=O)c1ccc(NC(=O)[C@@H](NC(=O)/C=C/c2c(-n3ncnn3)ccc(Cl)c2F)c2ccccc2)cc1Cl. The van der Waals surface area contributed by atoms with E-state index < -0.39 is 35.2 Å². The molecule has 0 fully saturated rings. The Morgan fingerprint density at radius 1 is 1.02 bits per heavy atom. The van der Waals surface area contributed by atoms with Gasteiger partial charge in [-0.15, -0.1) is 15.0 Å². The van der Waals surface area contributed by atoms with E-state index >= 15 is 0 Å². The molecule has 1 heterocycles. The maximum absolute atomic E-state index is 14.9. The summed E-state index contributed by atoms with van der Waals surface area (Å²) in [6.45, 7) is 5.21. The third kappa shape index (κ3) is 7.56. The first kappa shape index (κ1) is 30.4. The van der Waals surface area contributed by atoms with Crippen LogP contribution in [0.2, 0.25) is 10.0 Å². The minimum absolute atomic E-state index is 0.0592. The number of carbonyl (C=O) groups is 3. The second-order valence-electron chi connectivity index (χ2n) is 9.89. The van der Waals surface area contributed by atoms with Gasteiger partial charge in [-0.1, -0.05) is 53.5 Å². The van der Waals surface area contributed by atoms with Crippen LogP contribution in [0.15, 0.2) is 73.1 Å². The van der Waals surface area contributed by atoms with Crippen LogP contribution in [0.4, 0.5) is 10.1 Å². The number of esters is 1. The minimum atomic E-state index is -1.15. The third-order valence-electron chi connectivity index (χ3n) is 5.61. The van der Waals surface area contributed by atoms with Crippen molar-refractivity contribution in [2.45, 2.75) is 32.4 Å². The molecule has 0 aliphatic carbocycles. The fourth-order valence-electron chi connectivity index (χ4n) is 3.77. The standard InChI is InChI=1S/C29H25Cl2FN6O4/c1-29(2,3)42-28(41)19-10-9-18(15-22(19)31)35-27(40)26(17-7-5-4-6-8-17)36-24(39)14-11-20-23(38-34-16-33-37-38)13-12-21(30)25(20)32/h4-16,26H,1-3H3,(H,35,40)(H,36,39)/b14-11+/t26-/m0/s1. The number of rotatable bonds is 8. The summed E-state index contributed by atoms with van der Waals surface area (Å²) in [6, 6.07) is 14.5. The van der Waals surface area contributed by atoms with Crippen molar-refractivity contribution in [1.82, 2.24) is 25.5 Å². The van der Waals surface area contributed by atoms with Crippen molar-refractivity contribution < 1.29 is 23.5 Å². The summed E-state index contributed by atoms with van der Waals surface area (Å²) in [5, 5.41) is 16.5. The number of nitrogens with zero attached hydrogens (tertiary/aromatic N) is 4. The van der Waals surface area contributed by atoms with Crippen molar-refractivity contribution in [1.29, 1.82) is 0 Å². The predicted molar refractivity (Wildman–Crippen MR) is 156 cm³/mol. The molecule has 2 amide bonds. The van der Waals surface area contributed by atoms with Crippen molar-refractivity contribution in [3.05, 3.63) is 106 Å². The highest BCUT2D eigenvalue weighted by atomic mass is 35.5. The monoisotopic (exact) mass is 610 g/mol. The zero-order valence-electron chi connectivity index (χ0n) is 22.6. The molecule has 42 heavy (non-hydrogen) atoms. The van der Waals surface area contributed by atoms with E-state index in [1.165, 1.54) is 42.7 Å². The summed E-state index contributed by atoms with van der Waals surface area (Å²) in [5.41, 5.74) is 0.328. The molecule has 3 aromatic carbocycles. The van der Waals surface area contributed by atoms with Crippen LogP contribution in [0.25, 0.3) is 11.8 Å². The highest BCUT2D eigenvalue weighted by Gasteiger charge is 2.24. The molecule has 13 heteroatoms. The Labute approximate surface area is 250 Å². The Morgan fingerprint density at radius 3 is 2.40 bits per heavy atom. The van der Waals surface area contributed by atoms with E-state index in [-0.39, 0.29) is 32.5 Å². The lowest BCUT2D eigenvalue weighted by molar-refractivity contribution is -0.123. The van der Waals surface area contributed by atoms with Crippen molar-refractivity contribution in [3.63, 3.8) is 0 Å². The van der Waals surface area contributed by atoms with Gasteiger partial charge in [-0.25, -0.2) is 9.18 Å². The number of amides is 2. The lowest BCUT2D eigenvalue weighted by atomic mass is 10.1. The van der Waals surface area contributed by atoms with Crippen LogP contribution < -0.4 is 10.6 Å². The van der Waals surface area contributed by atoms with Crippen LogP contribution >= 0.6 is 23.2 Å². The number of aromatic nitrogens is 4. The topological polar surface area (TPSA) is 128 Å². The highest BCUT2D eigenvalue weighted by Crippen LogP contribution is 2.26. The first-order chi connectivity index (χ1) is 19.9. The molecule has 0 aliphatic heterocycles. The number of nitrogens with one attached hydrogen (secondary N) is 2. The summed E-state index contributed by atoms with van der Waals surface area (Å²) >= 11 is 12.3. The van der Waals surface area contributed by atoms with E-state index in [9.17, 15) is 18.8 Å². The summed E-state index contributed by atoms with van der Waals surface area (Å²) < 4.78 is 20.2. The second-order valence-corrected chi connectivity index (χ2v) is 10.7. The van der Waals surface area contributed by atoms with Crippen LogP contribution in [-0.4, -0.2) is 43.6 Å². The minimum Gasteiger partial charge on any atom is -0.456 e. The van der Waals surface area contributed by atoms with Gasteiger partial charge < -0.3 is 15.4 Å². The third-order valence-corrected chi connectivity index (χ3v) is 6.22. The summed E-state index contributed by atoms with van der Waals surface area (Å²) in [6.07, 6.45) is 3.43. The average Bonchev–Trinajstić information content (AvgIpc) is 3.47. The van der Waals surface area contributed by atoms with Gasteiger partial charge in [0, 0.05) is 17.3 Å². The fourth-order valence-corrected chi connectivity index (χ4v) is 4.19. The molecule has 10 nitrogen and oxygen atoms in total. The van der Waals surface area contributed by atoms with Gasteiger partial charge in [-0.05, 0) is 68.0 Å². The molecule has 0 spiro atoms. The maximum atomic E-state index is 14.9. The Hall–Kier alpha value is -4.61. The molecule has 216 valence electrons. The van der Waals surface area contributed by atoms with Gasteiger partial charge in [-0.3, -0.25) is 9.59 Å². The van der Waals surface area contributed by atoms with Gasteiger partial charge in [0.2, 0.25) is 5.91 Å². The fraction of sp³-hybridized carbons (Fsp3) is 0.172. The molecule has 0 unspecified atom stereocenters. The van der Waals surface area contributed by atoms with E-state index in [2.05, 4.69) is 26.0 Å². The van der Waals surface area contributed by atoms with Crippen LogP contribution in [0.1, 0.15) is 48.3 Å². The number of carbonyl (C=O) groups excluding carboxylic acids is 3. The van der Waals surface area contributed by atoms with Gasteiger partial charge in [0.05, 0.1) is 21.3 Å². The van der Waals surface area contributed by atoms with E-state index in [4.69, 9.17) is 27.9 Å². The van der Waals surface area contributed by atoms with Gasteiger partial charge in [0.15, 0.2) is 12.1 Å².